The van der Waals surface area contributed by atoms with Gasteiger partial charge < -0.3 is 10.5 Å². The van der Waals surface area contributed by atoms with Crippen LogP contribution < -0.4 is 10.5 Å². The highest BCUT2D eigenvalue weighted by atomic mass is 19.1. The van der Waals surface area contributed by atoms with Crippen molar-refractivity contribution in [3.05, 3.63) is 53.6 Å². The summed E-state index contributed by atoms with van der Waals surface area (Å²) in [7, 11) is 0. The van der Waals surface area contributed by atoms with Crippen molar-refractivity contribution in [3.8, 4) is 11.5 Å². The number of aromatic nitrogens is 1. The third-order valence-electron chi connectivity index (χ3n) is 2.41. The fraction of sp³-hybridized carbons (Fsp3) is 0.154. The fourth-order valence-corrected chi connectivity index (χ4v) is 1.43. The molecule has 0 bridgehead atoms. The van der Waals surface area contributed by atoms with Gasteiger partial charge in [0.15, 0.2) is 0 Å². The quantitative estimate of drug-likeness (QED) is 0.885. The third-order valence-corrected chi connectivity index (χ3v) is 2.41. The summed E-state index contributed by atoms with van der Waals surface area (Å²) in [6, 6.07) is 8.24. The second kappa shape index (κ2) is 4.93. The molecule has 0 fully saturated rings. The number of nitrogens with zero attached hydrogens (tertiary/aromatic N) is 1. The molecule has 88 valence electrons. The van der Waals surface area contributed by atoms with Gasteiger partial charge in [0.2, 0.25) is 0 Å². The summed E-state index contributed by atoms with van der Waals surface area (Å²) in [5.74, 6) is 0.703. The van der Waals surface area contributed by atoms with Gasteiger partial charge in [-0.25, -0.2) is 4.39 Å². The molecule has 0 aliphatic carbocycles. The lowest BCUT2D eigenvalue weighted by atomic mass is 10.2. The van der Waals surface area contributed by atoms with Crippen molar-refractivity contribution >= 4 is 0 Å². The van der Waals surface area contributed by atoms with Gasteiger partial charge in [0.05, 0.1) is 5.69 Å². The smallest absolute Gasteiger partial charge is 0.150 e. The van der Waals surface area contributed by atoms with Crippen LogP contribution in [0.5, 0.6) is 11.5 Å². The van der Waals surface area contributed by atoms with Crippen LogP contribution in [-0.2, 0) is 6.54 Å². The van der Waals surface area contributed by atoms with Crippen LogP contribution in [0.2, 0.25) is 0 Å². The van der Waals surface area contributed by atoms with Gasteiger partial charge in [-0.15, -0.1) is 0 Å². The standard InChI is InChI=1S/C13H13FN2O/c1-9-4-5-10(7-11(9)14)17-13-3-2-6-16-12(13)8-15/h2-7H,8,15H2,1H3. The van der Waals surface area contributed by atoms with Crippen LogP contribution in [0.1, 0.15) is 11.3 Å². The van der Waals surface area contributed by atoms with Crippen LogP contribution in [0.3, 0.4) is 0 Å². The Kier molecular flexibility index (Phi) is 3.35. The molecule has 4 heteroatoms. The van der Waals surface area contributed by atoms with Gasteiger partial charge in [0.25, 0.3) is 0 Å². The first kappa shape index (κ1) is 11.5. The highest BCUT2D eigenvalue weighted by Gasteiger charge is 2.05. The number of aryl methyl sites for hydroxylation is 1. The predicted octanol–water partition coefficient (Wildman–Crippen LogP) is 2.78. The molecule has 2 rings (SSSR count). The maximum Gasteiger partial charge on any atom is 0.150 e. The monoisotopic (exact) mass is 232 g/mol. The van der Waals surface area contributed by atoms with E-state index in [-0.39, 0.29) is 12.4 Å². The lowest BCUT2D eigenvalue weighted by molar-refractivity contribution is 0.467. The largest absolute Gasteiger partial charge is 0.455 e. The molecule has 0 aliphatic heterocycles. The summed E-state index contributed by atoms with van der Waals surface area (Å²) < 4.78 is 18.9. The molecule has 2 N–H and O–H groups in total. The Morgan fingerprint density at radius 3 is 2.88 bits per heavy atom. The lowest BCUT2D eigenvalue weighted by Gasteiger charge is -2.09. The number of pyridine rings is 1. The van der Waals surface area contributed by atoms with E-state index in [2.05, 4.69) is 4.98 Å². The first-order valence-corrected chi connectivity index (χ1v) is 5.28. The average molecular weight is 232 g/mol. The van der Waals surface area contributed by atoms with Crippen molar-refractivity contribution in [2.75, 3.05) is 0 Å². The second-order valence-electron chi connectivity index (χ2n) is 3.67. The van der Waals surface area contributed by atoms with Gasteiger partial charge >= 0.3 is 0 Å². The normalized spacial score (nSPS) is 10.3. The molecular weight excluding hydrogens is 219 g/mol. The number of ether oxygens (including phenoxy) is 1. The summed E-state index contributed by atoms with van der Waals surface area (Å²) in [6.45, 7) is 1.99. The molecule has 0 saturated heterocycles. The number of nitrogens with two attached hydrogens (primary N) is 1. The zero-order chi connectivity index (χ0) is 12.3. The fourth-order valence-electron chi connectivity index (χ4n) is 1.43. The van der Waals surface area contributed by atoms with E-state index in [9.17, 15) is 4.39 Å². The molecule has 0 saturated carbocycles. The molecule has 0 atom stereocenters. The maximum atomic E-state index is 13.3. The molecule has 0 aliphatic rings. The van der Waals surface area contributed by atoms with E-state index in [0.29, 0.717) is 22.8 Å². The molecule has 0 radical (unpaired) electrons. The van der Waals surface area contributed by atoms with E-state index in [0.717, 1.165) is 0 Å². The molecule has 2 aromatic rings. The van der Waals surface area contributed by atoms with Gasteiger partial charge in [-0.05, 0) is 30.7 Å². The zero-order valence-electron chi connectivity index (χ0n) is 9.48. The molecule has 0 amide bonds. The van der Waals surface area contributed by atoms with Crippen LogP contribution in [-0.4, -0.2) is 4.98 Å². The predicted molar refractivity (Wildman–Crippen MR) is 63.3 cm³/mol. The van der Waals surface area contributed by atoms with Crippen molar-refractivity contribution in [1.82, 2.24) is 4.98 Å². The number of rotatable bonds is 3. The van der Waals surface area contributed by atoms with Crippen molar-refractivity contribution in [2.45, 2.75) is 13.5 Å². The summed E-state index contributed by atoms with van der Waals surface area (Å²) in [5, 5.41) is 0. The Balaban J connectivity index is 2.28. The number of hydrogen-bond acceptors (Lipinski definition) is 3. The van der Waals surface area contributed by atoms with Crippen LogP contribution in [0.25, 0.3) is 0 Å². The van der Waals surface area contributed by atoms with E-state index in [1.54, 1.807) is 37.4 Å². The van der Waals surface area contributed by atoms with Crippen molar-refractivity contribution in [1.29, 1.82) is 0 Å². The summed E-state index contributed by atoms with van der Waals surface area (Å²) in [6.07, 6.45) is 1.64. The molecule has 1 aromatic carbocycles. The summed E-state index contributed by atoms with van der Waals surface area (Å²) in [5.41, 5.74) is 6.77. The SMILES string of the molecule is Cc1ccc(Oc2cccnc2CN)cc1F. The lowest BCUT2D eigenvalue weighted by Crippen LogP contribution is -2.02. The van der Waals surface area contributed by atoms with Gasteiger partial charge in [0, 0.05) is 18.8 Å². The van der Waals surface area contributed by atoms with E-state index < -0.39 is 0 Å². The first-order valence-electron chi connectivity index (χ1n) is 5.28. The van der Waals surface area contributed by atoms with Gasteiger partial charge in [-0.1, -0.05) is 6.07 Å². The number of halogens is 1. The van der Waals surface area contributed by atoms with E-state index in [1.807, 2.05) is 0 Å². The number of benzene rings is 1. The van der Waals surface area contributed by atoms with Gasteiger partial charge in [-0.3, -0.25) is 4.98 Å². The van der Waals surface area contributed by atoms with Gasteiger partial charge in [-0.2, -0.15) is 0 Å². The highest BCUT2D eigenvalue weighted by Crippen LogP contribution is 2.25. The molecule has 1 aromatic heterocycles. The molecule has 0 unspecified atom stereocenters. The Hall–Kier alpha value is -1.94. The highest BCUT2D eigenvalue weighted by molar-refractivity contribution is 5.35. The van der Waals surface area contributed by atoms with Crippen LogP contribution in [0, 0.1) is 12.7 Å². The van der Waals surface area contributed by atoms with Gasteiger partial charge in [0.1, 0.15) is 17.3 Å². The minimum absolute atomic E-state index is 0.282. The average Bonchev–Trinajstić information content (AvgIpc) is 2.34. The molecular formula is C13H13FN2O. The topological polar surface area (TPSA) is 48.1 Å². The summed E-state index contributed by atoms with van der Waals surface area (Å²) >= 11 is 0. The zero-order valence-corrected chi connectivity index (χ0v) is 9.48. The van der Waals surface area contributed by atoms with Crippen molar-refractivity contribution in [3.63, 3.8) is 0 Å². The van der Waals surface area contributed by atoms with Crippen LogP contribution in [0.15, 0.2) is 36.5 Å². The first-order chi connectivity index (χ1) is 8.20. The Bertz CT molecular complexity index is 529. The number of hydrogen-bond donors (Lipinski definition) is 1. The Morgan fingerprint density at radius 1 is 1.35 bits per heavy atom. The third kappa shape index (κ3) is 2.60. The second-order valence-corrected chi connectivity index (χ2v) is 3.67. The minimum Gasteiger partial charge on any atom is -0.455 e. The molecule has 17 heavy (non-hydrogen) atoms. The van der Waals surface area contributed by atoms with Crippen molar-refractivity contribution in [2.24, 2.45) is 5.73 Å². The minimum atomic E-state index is -0.291. The van der Waals surface area contributed by atoms with E-state index in [1.165, 1.54) is 6.07 Å². The van der Waals surface area contributed by atoms with E-state index in [4.69, 9.17) is 10.5 Å². The van der Waals surface area contributed by atoms with Crippen LogP contribution in [0.4, 0.5) is 4.39 Å². The van der Waals surface area contributed by atoms with Crippen molar-refractivity contribution < 1.29 is 9.13 Å². The molecule has 0 spiro atoms. The molecule has 3 nitrogen and oxygen atoms in total. The molecule has 1 heterocycles. The Morgan fingerprint density at radius 2 is 2.18 bits per heavy atom. The van der Waals surface area contributed by atoms with Crippen LogP contribution >= 0.6 is 0 Å². The summed E-state index contributed by atoms with van der Waals surface area (Å²) in [4.78, 5) is 4.09. The maximum absolute atomic E-state index is 13.3. The van der Waals surface area contributed by atoms with E-state index >= 15 is 0 Å². The Labute approximate surface area is 99.1 Å².